The van der Waals surface area contributed by atoms with Crippen LogP contribution in [0.4, 0.5) is 0 Å². The monoisotopic (exact) mass is 268 g/mol. The van der Waals surface area contributed by atoms with Crippen molar-refractivity contribution in [1.29, 1.82) is 0 Å². The minimum absolute atomic E-state index is 0.278. The Hall–Kier alpha value is -0.610. The average Bonchev–Trinajstić information content (AvgIpc) is 2.44. The highest BCUT2D eigenvalue weighted by atomic mass is 16.5. The molecule has 1 saturated carbocycles. The number of amides is 1. The number of likely N-dealkylation sites (tertiary alicyclic amines) is 1. The molecular formula is C15H28N2O2. The maximum Gasteiger partial charge on any atom is 0.236 e. The third-order valence-electron chi connectivity index (χ3n) is 4.82. The molecule has 19 heavy (non-hydrogen) atoms. The van der Waals surface area contributed by atoms with Gasteiger partial charge < -0.3 is 15.0 Å². The van der Waals surface area contributed by atoms with E-state index in [1.807, 2.05) is 0 Å². The van der Waals surface area contributed by atoms with E-state index in [1.165, 1.54) is 32.1 Å². The van der Waals surface area contributed by atoms with Crippen LogP contribution in [0.1, 0.15) is 39.0 Å². The molecule has 1 N–H and O–H groups in total. The Morgan fingerprint density at radius 1 is 1.32 bits per heavy atom. The first kappa shape index (κ1) is 14.8. The number of hydrogen-bond acceptors (Lipinski definition) is 3. The van der Waals surface area contributed by atoms with Crippen molar-refractivity contribution in [2.24, 2.45) is 11.8 Å². The van der Waals surface area contributed by atoms with Gasteiger partial charge >= 0.3 is 0 Å². The fraction of sp³-hybridized carbons (Fsp3) is 0.933. The van der Waals surface area contributed by atoms with Crippen LogP contribution in [-0.2, 0) is 9.53 Å². The number of ether oxygens (including phenoxy) is 1. The molecule has 1 aliphatic carbocycles. The number of fused-ring (bicyclic) bond motifs is 1. The molecular weight excluding hydrogens is 240 g/mol. The lowest BCUT2D eigenvalue weighted by atomic mass is 9.72. The van der Waals surface area contributed by atoms with Crippen LogP contribution in [0.15, 0.2) is 0 Å². The summed E-state index contributed by atoms with van der Waals surface area (Å²) in [7, 11) is 1.68. The molecule has 1 aliphatic heterocycles. The number of piperidine rings is 1. The lowest BCUT2D eigenvalue weighted by molar-refractivity contribution is -0.138. The summed E-state index contributed by atoms with van der Waals surface area (Å²) < 4.78 is 4.98. The van der Waals surface area contributed by atoms with Crippen LogP contribution >= 0.6 is 0 Å². The Labute approximate surface area is 116 Å². The molecule has 0 aromatic heterocycles. The SMILES string of the molecule is COCCNCC(=O)N1CCC(C)C2CCCCC21. The van der Waals surface area contributed by atoms with E-state index in [1.54, 1.807) is 7.11 Å². The zero-order valence-corrected chi connectivity index (χ0v) is 12.4. The van der Waals surface area contributed by atoms with Crippen LogP contribution < -0.4 is 5.32 Å². The molecule has 0 aromatic rings. The minimum atomic E-state index is 0.278. The molecule has 3 atom stereocenters. The van der Waals surface area contributed by atoms with Crippen LogP contribution in [0.2, 0.25) is 0 Å². The van der Waals surface area contributed by atoms with E-state index in [2.05, 4.69) is 17.1 Å². The van der Waals surface area contributed by atoms with E-state index in [-0.39, 0.29) is 5.91 Å². The van der Waals surface area contributed by atoms with Gasteiger partial charge in [-0.2, -0.15) is 0 Å². The first-order valence-corrected chi connectivity index (χ1v) is 7.73. The molecule has 0 spiro atoms. The smallest absolute Gasteiger partial charge is 0.236 e. The highest BCUT2D eigenvalue weighted by molar-refractivity contribution is 5.78. The predicted octanol–water partition coefficient (Wildman–Crippen LogP) is 1.65. The molecule has 4 nitrogen and oxygen atoms in total. The standard InChI is InChI=1S/C15H28N2O2/c1-12-7-9-17(14-6-4-3-5-13(12)14)15(18)11-16-8-10-19-2/h12-14,16H,3-11H2,1-2H3. The summed E-state index contributed by atoms with van der Waals surface area (Å²) in [6, 6.07) is 0.509. The predicted molar refractivity (Wildman–Crippen MR) is 76.0 cm³/mol. The molecule has 2 rings (SSSR count). The Bertz CT molecular complexity index is 296. The van der Waals surface area contributed by atoms with Crippen LogP contribution in [0.3, 0.4) is 0 Å². The van der Waals surface area contributed by atoms with Crippen molar-refractivity contribution < 1.29 is 9.53 Å². The van der Waals surface area contributed by atoms with Crippen LogP contribution in [0.5, 0.6) is 0 Å². The fourth-order valence-electron chi connectivity index (χ4n) is 3.69. The number of rotatable bonds is 5. The van der Waals surface area contributed by atoms with E-state index < -0.39 is 0 Å². The molecule has 3 unspecified atom stereocenters. The van der Waals surface area contributed by atoms with Gasteiger partial charge in [0.15, 0.2) is 0 Å². The third-order valence-corrected chi connectivity index (χ3v) is 4.82. The second-order valence-electron chi connectivity index (χ2n) is 6.04. The normalized spacial score (nSPS) is 31.1. The van der Waals surface area contributed by atoms with E-state index in [0.717, 1.165) is 24.9 Å². The van der Waals surface area contributed by atoms with Crippen molar-refractivity contribution >= 4 is 5.91 Å². The lowest BCUT2D eigenvalue weighted by Crippen LogP contribution is -2.54. The quantitative estimate of drug-likeness (QED) is 0.771. The molecule has 2 aliphatic rings. The van der Waals surface area contributed by atoms with Crippen molar-refractivity contribution in [3.05, 3.63) is 0 Å². The molecule has 1 heterocycles. The van der Waals surface area contributed by atoms with Crippen molar-refractivity contribution in [3.8, 4) is 0 Å². The minimum Gasteiger partial charge on any atom is -0.383 e. The van der Waals surface area contributed by atoms with E-state index in [0.29, 0.717) is 19.2 Å². The molecule has 0 radical (unpaired) electrons. The van der Waals surface area contributed by atoms with Crippen LogP contribution in [-0.4, -0.2) is 50.2 Å². The second kappa shape index (κ2) is 7.25. The Morgan fingerprint density at radius 3 is 2.89 bits per heavy atom. The molecule has 1 amide bonds. The lowest BCUT2D eigenvalue weighted by Gasteiger charge is -2.47. The van der Waals surface area contributed by atoms with Crippen molar-refractivity contribution in [3.63, 3.8) is 0 Å². The van der Waals surface area contributed by atoms with Gasteiger partial charge in [-0.15, -0.1) is 0 Å². The van der Waals surface area contributed by atoms with Gasteiger partial charge in [0.25, 0.3) is 0 Å². The maximum atomic E-state index is 12.3. The van der Waals surface area contributed by atoms with Crippen molar-refractivity contribution in [2.75, 3.05) is 33.4 Å². The maximum absolute atomic E-state index is 12.3. The molecule has 2 fully saturated rings. The Kier molecular flexibility index (Phi) is 5.64. The molecule has 0 bridgehead atoms. The zero-order chi connectivity index (χ0) is 13.7. The van der Waals surface area contributed by atoms with Gasteiger partial charge in [-0.3, -0.25) is 4.79 Å². The van der Waals surface area contributed by atoms with Gasteiger partial charge in [-0.25, -0.2) is 0 Å². The molecule has 110 valence electrons. The number of carbonyl (C=O) groups is 1. The van der Waals surface area contributed by atoms with Gasteiger partial charge in [0.1, 0.15) is 0 Å². The highest BCUT2D eigenvalue weighted by Crippen LogP contribution is 2.38. The summed E-state index contributed by atoms with van der Waals surface area (Å²) in [5.41, 5.74) is 0. The van der Waals surface area contributed by atoms with Gasteiger partial charge in [0.2, 0.25) is 5.91 Å². The summed E-state index contributed by atoms with van der Waals surface area (Å²) in [5, 5.41) is 3.17. The Balaban J connectivity index is 1.86. The number of carbonyl (C=O) groups excluding carboxylic acids is 1. The van der Waals surface area contributed by atoms with Crippen molar-refractivity contribution in [2.45, 2.75) is 45.1 Å². The van der Waals surface area contributed by atoms with Gasteiger partial charge in [0, 0.05) is 26.2 Å². The molecule has 0 aromatic carbocycles. The topological polar surface area (TPSA) is 41.6 Å². The first-order chi connectivity index (χ1) is 9.24. The summed E-state index contributed by atoms with van der Waals surface area (Å²) in [6.45, 7) is 5.19. The fourth-order valence-corrected chi connectivity index (χ4v) is 3.69. The Morgan fingerprint density at radius 2 is 2.11 bits per heavy atom. The average molecular weight is 268 g/mol. The number of nitrogens with one attached hydrogen (secondary N) is 1. The van der Waals surface area contributed by atoms with E-state index in [4.69, 9.17) is 4.74 Å². The number of nitrogens with zero attached hydrogens (tertiary/aromatic N) is 1. The summed E-state index contributed by atoms with van der Waals surface area (Å²) in [6.07, 6.45) is 6.32. The zero-order valence-electron chi connectivity index (χ0n) is 12.4. The number of hydrogen-bond donors (Lipinski definition) is 1. The van der Waals surface area contributed by atoms with Crippen LogP contribution in [0, 0.1) is 11.8 Å². The van der Waals surface area contributed by atoms with E-state index >= 15 is 0 Å². The summed E-state index contributed by atoms with van der Waals surface area (Å²) >= 11 is 0. The van der Waals surface area contributed by atoms with Crippen molar-refractivity contribution in [1.82, 2.24) is 10.2 Å². The third kappa shape index (κ3) is 3.69. The largest absolute Gasteiger partial charge is 0.383 e. The van der Waals surface area contributed by atoms with E-state index in [9.17, 15) is 4.79 Å². The van der Waals surface area contributed by atoms with Gasteiger partial charge in [-0.05, 0) is 31.1 Å². The molecule has 4 heteroatoms. The number of methoxy groups -OCH3 is 1. The first-order valence-electron chi connectivity index (χ1n) is 7.73. The summed E-state index contributed by atoms with van der Waals surface area (Å²) in [4.78, 5) is 14.5. The second-order valence-corrected chi connectivity index (χ2v) is 6.04. The summed E-state index contributed by atoms with van der Waals surface area (Å²) in [5.74, 6) is 1.81. The highest BCUT2D eigenvalue weighted by Gasteiger charge is 2.38. The van der Waals surface area contributed by atoms with Crippen LogP contribution in [0.25, 0.3) is 0 Å². The molecule has 1 saturated heterocycles. The van der Waals surface area contributed by atoms with Gasteiger partial charge in [-0.1, -0.05) is 19.8 Å². The van der Waals surface area contributed by atoms with Gasteiger partial charge in [0.05, 0.1) is 13.2 Å².